The van der Waals surface area contributed by atoms with Gasteiger partial charge >= 0.3 is 0 Å². The van der Waals surface area contributed by atoms with Crippen LogP contribution in [0.2, 0.25) is 0 Å². The minimum Gasteiger partial charge on any atom is -0.340 e. The van der Waals surface area contributed by atoms with Gasteiger partial charge in [0.15, 0.2) is 0 Å². The molecule has 0 aliphatic carbocycles. The number of likely N-dealkylation sites (tertiary alicyclic amines) is 1. The molecule has 2 N–H and O–H groups in total. The van der Waals surface area contributed by atoms with Crippen molar-refractivity contribution >= 4 is 34.4 Å². The van der Waals surface area contributed by atoms with Crippen molar-refractivity contribution in [2.45, 2.75) is 44.2 Å². The third kappa shape index (κ3) is 3.97. The second kappa shape index (κ2) is 8.69. The lowest BCUT2D eigenvalue weighted by Gasteiger charge is -2.35. The van der Waals surface area contributed by atoms with E-state index in [0.29, 0.717) is 17.8 Å². The highest BCUT2D eigenvalue weighted by atomic mass is 16.2. The number of imidazole rings is 1. The van der Waals surface area contributed by atoms with Crippen LogP contribution in [0.5, 0.6) is 0 Å². The predicted octanol–water partition coefficient (Wildman–Crippen LogP) is 3.16. The van der Waals surface area contributed by atoms with Gasteiger partial charge in [0.05, 0.1) is 28.3 Å². The monoisotopic (exact) mass is 445 g/mol. The number of para-hydroxylation sites is 3. The Morgan fingerprint density at radius 2 is 1.88 bits per heavy atom. The summed E-state index contributed by atoms with van der Waals surface area (Å²) in [7, 11) is 1.99. The summed E-state index contributed by atoms with van der Waals surface area (Å²) < 4.78 is 2.07. The summed E-state index contributed by atoms with van der Waals surface area (Å²) in [5, 5.41) is 5.58. The molecule has 170 valence electrons. The van der Waals surface area contributed by atoms with Crippen LogP contribution < -0.4 is 10.6 Å². The molecule has 3 amide bonds. The van der Waals surface area contributed by atoms with Crippen LogP contribution in [0.25, 0.3) is 11.0 Å². The Hall–Kier alpha value is -3.68. The highest BCUT2D eigenvalue weighted by molar-refractivity contribution is 6.09. The number of aryl methyl sites for hydroxylation is 1. The molecular weight excluding hydrogens is 418 g/mol. The van der Waals surface area contributed by atoms with Crippen molar-refractivity contribution in [2.75, 3.05) is 11.9 Å². The Balaban J connectivity index is 1.31. The van der Waals surface area contributed by atoms with Crippen molar-refractivity contribution in [3.63, 3.8) is 0 Å². The van der Waals surface area contributed by atoms with Crippen LogP contribution in [0.3, 0.4) is 0 Å². The van der Waals surface area contributed by atoms with E-state index in [0.717, 1.165) is 36.1 Å². The molecule has 2 aliphatic rings. The van der Waals surface area contributed by atoms with Crippen LogP contribution in [0.4, 0.5) is 5.69 Å². The average Bonchev–Trinajstić information content (AvgIpc) is 3.11. The minimum atomic E-state index is -0.757. The molecule has 1 saturated heterocycles. The number of carbonyl (C=O) groups excluding carboxylic acids is 3. The number of rotatable bonds is 4. The van der Waals surface area contributed by atoms with Gasteiger partial charge in [-0.1, -0.05) is 24.3 Å². The van der Waals surface area contributed by atoms with Crippen molar-refractivity contribution in [3.05, 3.63) is 59.9 Å². The molecule has 0 saturated carbocycles. The molecule has 2 aromatic carbocycles. The highest BCUT2D eigenvalue weighted by Crippen LogP contribution is 2.32. The van der Waals surface area contributed by atoms with Gasteiger partial charge in [-0.25, -0.2) is 4.98 Å². The number of hydrogen-bond donors (Lipinski definition) is 2. The second-order valence-corrected chi connectivity index (χ2v) is 8.72. The van der Waals surface area contributed by atoms with Crippen molar-refractivity contribution in [2.24, 2.45) is 7.05 Å². The molecule has 3 heterocycles. The molecule has 1 aromatic heterocycles. The fraction of sp³-hybridized carbons (Fsp3) is 0.360. The smallest absolute Gasteiger partial charge is 0.254 e. The Kier molecular flexibility index (Phi) is 5.58. The number of amides is 3. The van der Waals surface area contributed by atoms with Crippen molar-refractivity contribution < 1.29 is 14.4 Å². The lowest BCUT2D eigenvalue weighted by molar-refractivity contribution is -0.135. The van der Waals surface area contributed by atoms with E-state index in [9.17, 15) is 14.4 Å². The molecule has 8 nitrogen and oxygen atoms in total. The molecule has 2 aliphatic heterocycles. The van der Waals surface area contributed by atoms with Gasteiger partial charge in [0.2, 0.25) is 11.8 Å². The molecule has 1 fully saturated rings. The first-order chi connectivity index (χ1) is 16.0. The molecular formula is C25H27N5O3. The maximum Gasteiger partial charge on any atom is 0.254 e. The van der Waals surface area contributed by atoms with E-state index in [1.807, 2.05) is 36.2 Å². The fourth-order valence-corrected chi connectivity index (χ4v) is 4.89. The largest absolute Gasteiger partial charge is 0.340 e. The molecule has 0 bridgehead atoms. The van der Waals surface area contributed by atoms with Crippen LogP contribution >= 0.6 is 0 Å². The SMILES string of the molecule is Cn1c([C@@H]2CCCCN2C(=O)CC[C@H]2NC(=O)c3ccccc3NC2=O)nc2ccccc21. The molecule has 8 heteroatoms. The van der Waals surface area contributed by atoms with Crippen LogP contribution in [-0.4, -0.2) is 44.8 Å². The van der Waals surface area contributed by atoms with Crippen LogP contribution in [0.1, 0.15) is 54.3 Å². The number of aromatic nitrogens is 2. The van der Waals surface area contributed by atoms with Gasteiger partial charge in [0.25, 0.3) is 5.91 Å². The van der Waals surface area contributed by atoms with E-state index in [1.54, 1.807) is 24.3 Å². The van der Waals surface area contributed by atoms with E-state index in [2.05, 4.69) is 15.2 Å². The van der Waals surface area contributed by atoms with Gasteiger partial charge in [-0.05, 0) is 49.9 Å². The fourth-order valence-electron chi connectivity index (χ4n) is 4.89. The lowest BCUT2D eigenvalue weighted by Crippen LogP contribution is -2.43. The van der Waals surface area contributed by atoms with E-state index >= 15 is 0 Å². The number of fused-ring (bicyclic) bond motifs is 2. The maximum atomic E-state index is 13.3. The summed E-state index contributed by atoms with van der Waals surface area (Å²) in [6.45, 7) is 0.668. The minimum absolute atomic E-state index is 0.0180. The lowest BCUT2D eigenvalue weighted by atomic mass is 10.00. The molecule has 0 radical (unpaired) electrons. The molecule has 33 heavy (non-hydrogen) atoms. The van der Waals surface area contributed by atoms with Gasteiger partial charge < -0.3 is 20.1 Å². The summed E-state index contributed by atoms with van der Waals surface area (Å²) in [6.07, 6.45) is 3.27. The first kappa shape index (κ1) is 21.2. The number of carbonyl (C=O) groups is 3. The number of nitrogens with one attached hydrogen (secondary N) is 2. The van der Waals surface area contributed by atoms with Gasteiger partial charge in [0, 0.05) is 20.0 Å². The summed E-state index contributed by atoms with van der Waals surface area (Å²) in [4.78, 5) is 45.2. The Bertz CT molecular complexity index is 1230. The Morgan fingerprint density at radius 3 is 2.73 bits per heavy atom. The van der Waals surface area contributed by atoms with E-state index in [-0.39, 0.29) is 36.6 Å². The molecule has 5 rings (SSSR count). The van der Waals surface area contributed by atoms with Crippen LogP contribution in [0, 0.1) is 0 Å². The number of nitrogens with zero attached hydrogens (tertiary/aromatic N) is 3. The van der Waals surface area contributed by atoms with Gasteiger partial charge in [-0.15, -0.1) is 0 Å². The zero-order chi connectivity index (χ0) is 22.9. The predicted molar refractivity (Wildman–Crippen MR) is 125 cm³/mol. The van der Waals surface area contributed by atoms with Crippen LogP contribution in [0.15, 0.2) is 48.5 Å². The van der Waals surface area contributed by atoms with Gasteiger partial charge in [0.1, 0.15) is 11.9 Å². The second-order valence-electron chi connectivity index (χ2n) is 8.72. The number of hydrogen-bond acceptors (Lipinski definition) is 4. The van der Waals surface area contributed by atoms with E-state index < -0.39 is 6.04 Å². The standard InChI is InChI=1S/C25H27N5O3/c1-29-20-11-5-4-10-18(20)26-23(29)21-12-6-7-15-30(21)22(31)14-13-19-25(33)27-17-9-3-2-8-16(17)24(32)28-19/h2-5,8-11,19,21H,6-7,12-15H2,1H3,(H,27,33)(H,28,32)/t19-,21+/m1/s1. The molecule has 0 unspecified atom stereocenters. The van der Waals surface area contributed by atoms with E-state index in [1.165, 1.54) is 0 Å². The zero-order valence-electron chi connectivity index (χ0n) is 18.6. The third-order valence-corrected chi connectivity index (χ3v) is 6.64. The topological polar surface area (TPSA) is 96.3 Å². The van der Waals surface area contributed by atoms with Crippen molar-refractivity contribution in [1.29, 1.82) is 0 Å². The van der Waals surface area contributed by atoms with Crippen molar-refractivity contribution in [3.8, 4) is 0 Å². The Morgan fingerprint density at radius 1 is 1.09 bits per heavy atom. The summed E-state index contributed by atoms with van der Waals surface area (Å²) >= 11 is 0. The summed E-state index contributed by atoms with van der Waals surface area (Å²) in [5.74, 6) is 0.263. The van der Waals surface area contributed by atoms with Gasteiger partial charge in [-0.2, -0.15) is 0 Å². The Labute approximate surface area is 192 Å². The number of benzene rings is 2. The van der Waals surface area contributed by atoms with Gasteiger partial charge in [-0.3, -0.25) is 14.4 Å². The first-order valence-corrected chi connectivity index (χ1v) is 11.4. The van der Waals surface area contributed by atoms with E-state index in [4.69, 9.17) is 4.98 Å². The highest BCUT2D eigenvalue weighted by Gasteiger charge is 2.33. The normalized spacial score (nSPS) is 20.7. The van der Waals surface area contributed by atoms with Crippen LogP contribution in [-0.2, 0) is 16.6 Å². The zero-order valence-corrected chi connectivity index (χ0v) is 18.6. The van der Waals surface area contributed by atoms with Crippen molar-refractivity contribution in [1.82, 2.24) is 19.8 Å². The quantitative estimate of drug-likeness (QED) is 0.645. The number of anilines is 1. The average molecular weight is 446 g/mol. The summed E-state index contributed by atoms with van der Waals surface area (Å²) in [5.41, 5.74) is 2.89. The first-order valence-electron chi connectivity index (χ1n) is 11.4. The molecule has 3 aromatic rings. The summed E-state index contributed by atoms with van der Waals surface area (Å²) in [6, 6.07) is 14.0. The number of piperidine rings is 1. The third-order valence-electron chi connectivity index (χ3n) is 6.64. The molecule has 2 atom stereocenters. The maximum absolute atomic E-state index is 13.3. The molecule has 0 spiro atoms.